The number of halogens is 1. The molecule has 3 aromatic carbocycles. The lowest BCUT2D eigenvalue weighted by molar-refractivity contribution is -0.137. The predicted octanol–water partition coefficient (Wildman–Crippen LogP) is 4.41. The molecule has 0 radical (unpaired) electrons. The van der Waals surface area contributed by atoms with Crippen LogP contribution in [0, 0.1) is 5.82 Å². The second-order valence-corrected chi connectivity index (χ2v) is 7.17. The molecule has 1 aromatic heterocycles. The average Bonchev–Trinajstić information content (AvgIpc) is 3.26. The van der Waals surface area contributed by atoms with Gasteiger partial charge in [-0.3, -0.25) is 9.59 Å². The number of amides is 1. The van der Waals surface area contributed by atoms with Gasteiger partial charge in [-0.2, -0.15) is 5.10 Å². The minimum atomic E-state index is -1.19. The Morgan fingerprint density at radius 3 is 2.19 bits per heavy atom. The summed E-state index contributed by atoms with van der Waals surface area (Å²) in [4.78, 5) is 25.8. The van der Waals surface area contributed by atoms with Gasteiger partial charge in [0.1, 0.15) is 12.4 Å². The number of carbonyl (C=O) groups is 2. The number of nitrogens with zero attached hydrogens (tertiary/aromatic N) is 3. The summed E-state index contributed by atoms with van der Waals surface area (Å²) in [6.07, 6.45) is 0. The number of para-hydroxylation sites is 1. The number of carboxylic acid groups (broad SMARTS) is 1. The van der Waals surface area contributed by atoms with Crippen LogP contribution in [-0.4, -0.2) is 38.2 Å². The van der Waals surface area contributed by atoms with Crippen LogP contribution < -0.4 is 0 Å². The molecule has 6 nitrogen and oxygen atoms in total. The van der Waals surface area contributed by atoms with E-state index in [-0.39, 0.29) is 17.8 Å². The predicted molar refractivity (Wildman–Crippen MR) is 118 cm³/mol. The first-order valence-corrected chi connectivity index (χ1v) is 9.98. The number of aromatic nitrogens is 2. The average molecular weight is 429 g/mol. The lowest BCUT2D eigenvalue weighted by Gasteiger charge is -2.20. The molecule has 160 valence electrons. The van der Waals surface area contributed by atoms with Crippen molar-refractivity contribution in [2.24, 2.45) is 0 Å². The third-order valence-electron chi connectivity index (χ3n) is 4.93. The van der Waals surface area contributed by atoms with E-state index in [2.05, 4.69) is 5.10 Å². The second-order valence-electron chi connectivity index (χ2n) is 7.17. The van der Waals surface area contributed by atoms with Gasteiger partial charge in [0.2, 0.25) is 0 Å². The van der Waals surface area contributed by atoms with Gasteiger partial charge in [-0.25, -0.2) is 9.07 Å². The Kier molecular flexibility index (Phi) is 6.07. The summed E-state index contributed by atoms with van der Waals surface area (Å²) in [5, 5.41) is 13.8. The van der Waals surface area contributed by atoms with Gasteiger partial charge in [0.25, 0.3) is 5.91 Å². The molecule has 0 saturated heterocycles. The fourth-order valence-corrected chi connectivity index (χ4v) is 3.42. The van der Waals surface area contributed by atoms with Crippen molar-refractivity contribution in [3.8, 4) is 16.9 Å². The molecule has 1 amide bonds. The summed E-state index contributed by atoms with van der Waals surface area (Å²) in [5.41, 5.74) is 2.59. The van der Waals surface area contributed by atoms with Crippen molar-refractivity contribution in [2.75, 3.05) is 6.54 Å². The molecule has 0 spiro atoms. The number of rotatable bonds is 7. The Morgan fingerprint density at radius 2 is 1.53 bits per heavy atom. The monoisotopic (exact) mass is 429 g/mol. The SMILES string of the molecule is O=C(O)CN(Cc1ccccc1F)C(=O)c1cc(-c2ccccc2)n(-c2ccccc2)n1. The van der Waals surface area contributed by atoms with E-state index in [1.807, 2.05) is 60.7 Å². The van der Waals surface area contributed by atoms with Crippen LogP contribution in [0.15, 0.2) is 91.0 Å². The maximum atomic E-state index is 14.2. The summed E-state index contributed by atoms with van der Waals surface area (Å²) in [5.74, 6) is -2.29. The normalized spacial score (nSPS) is 10.7. The molecule has 0 aliphatic carbocycles. The van der Waals surface area contributed by atoms with Crippen molar-refractivity contribution >= 4 is 11.9 Å². The first-order valence-electron chi connectivity index (χ1n) is 9.98. The summed E-state index contributed by atoms with van der Waals surface area (Å²) in [6, 6.07) is 26.4. The number of carboxylic acids is 1. The largest absolute Gasteiger partial charge is 0.480 e. The van der Waals surface area contributed by atoms with Gasteiger partial charge in [0, 0.05) is 17.7 Å². The van der Waals surface area contributed by atoms with Gasteiger partial charge in [0.15, 0.2) is 5.69 Å². The second kappa shape index (κ2) is 9.26. The van der Waals surface area contributed by atoms with Gasteiger partial charge >= 0.3 is 5.97 Å². The Bertz CT molecular complexity index is 1180. The van der Waals surface area contributed by atoms with Crippen molar-refractivity contribution < 1.29 is 19.1 Å². The van der Waals surface area contributed by atoms with Crippen molar-refractivity contribution in [2.45, 2.75) is 6.54 Å². The molecular weight excluding hydrogens is 409 g/mol. The Hall–Kier alpha value is -4.26. The Balaban J connectivity index is 1.75. The number of benzene rings is 3. The fraction of sp³-hybridized carbons (Fsp3) is 0.0800. The number of hydrogen-bond acceptors (Lipinski definition) is 3. The fourth-order valence-electron chi connectivity index (χ4n) is 3.42. The molecule has 0 bridgehead atoms. The highest BCUT2D eigenvalue weighted by molar-refractivity contribution is 5.95. The molecule has 0 saturated carbocycles. The maximum Gasteiger partial charge on any atom is 0.323 e. The van der Waals surface area contributed by atoms with Crippen LogP contribution in [0.5, 0.6) is 0 Å². The lowest BCUT2D eigenvalue weighted by atomic mass is 10.1. The quantitative estimate of drug-likeness (QED) is 0.472. The first kappa shape index (κ1) is 21.0. The van der Waals surface area contributed by atoms with Gasteiger partial charge in [-0.05, 0) is 24.3 Å². The summed E-state index contributed by atoms with van der Waals surface area (Å²) < 4.78 is 15.8. The lowest BCUT2D eigenvalue weighted by Crippen LogP contribution is -2.35. The molecule has 0 fully saturated rings. The summed E-state index contributed by atoms with van der Waals surface area (Å²) in [6.45, 7) is -0.761. The van der Waals surface area contributed by atoms with Crippen LogP contribution in [0.1, 0.15) is 16.1 Å². The number of hydrogen-bond donors (Lipinski definition) is 1. The van der Waals surface area contributed by atoms with Crippen molar-refractivity contribution in [3.63, 3.8) is 0 Å². The molecule has 1 N–H and O–H groups in total. The van der Waals surface area contributed by atoms with Crippen LogP contribution in [0.2, 0.25) is 0 Å². The number of aliphatic carboxylic acids is 1. The van der Waals surface area contributed by atoms with Crippen LogP contribution >= 0.6 is 0 Å². The van der Waals surface area contributed by atoms with Crippen LogP contribution in [0.3, 0.4) is 0 Å². The highest BCUT2D eigenvalue weighted by Gasteiger charge is 2.24. The van der Waals surface area contributed by atoms with Crippen LogP contribution in [-0.2, 0) is 11.3 Å². The maximum absolute atomic E-state index is 14.2. The highest BCUT2D eigenvalue weighted by atomic mass is 19.1. The Morgan fingerprint density at radius 1 is 0.906 bits per heavy atom. The summed E-state index contributed by atoms with van der Waals surface area (Å²) >= 11 is 0. The molecule has 0 unspecified atom stereocenters. The highest BCUT2D eigenvalue weighted by Crippen LogP contribution is 2.25. The topological polar surface area (TPSA) is 75.4 Å². The molecule has 4 aromatic rings. The molecule has 0 aliphatic heterocycles. The van der Waals surface area contributed by atoms with Gasteiger partial charge in [-0.1, -0.05) is 66.7 Å². The minimum absolute atomic E-state index is 0.0743. The molecule has 32 heavy (non-hydrogen) atoms. The zero-order valence-corrected chi connectivity index (χ0v) is 17.1. The molecule has 0 aliphatic rings. The third-order valence-corrected chi connectivity index (χ3v) is 4.93. The van der Waals surface area contributed by atoms with Crippen molar-refractivity contribution in [1.29, 1.82) is 0 Å². The van der Waals surface area contributed by atoms with Crippen LogP contribution in [0.25, 0.3) is 16.9 Å². The van der Waals surface area contributed by atoms with Crippen LogP contribution in [0.4, 0.5) is 4.39 Å². The van der Waals surface area contributed by atoms with E-state index in [9.17, 15) is 19.1 Å². The molecule has 0 atom stereocenters. The van der Waals surface area contributed by atoms with Crippen molar-refractivity contribution in [3.05, 3.63) is 108 Å². The molecule has 7 heteroatoms. The first-order chi connectivity index (χ1) is 15.5. The minimum Gasteiger partial charge on any atom is -0.480 e. The molecular formula is C25H20FN3O3. The van der Waals surface area contributed by atoms with E-state index in [0.29, 0.717) is 5.69 Å². The number of carbonyl (C=O) groups excluding carboxylic acids is 1. The van der Waals surface area contributed by atoms with E-state index < -0.39 is 24.2 Å². The summed E-state index contributed by atoms with van der Waals surface area (Å²) in [7, 11) is 0. The zero-order valence-electron chi connectivity index (χ0n) is 17.1. The van der Waals surface area contributed by atoms with E-state index in [1.165, 1.54) is 18.2 Å². The van der Waals surface area contributed by atoms with Crippen molar-refractivity contribution in [1.82, 2.24) is 14.7 Å². The molecule has 1 heterocycles. The Labute approximate surface area is 184 Å². The molecule has 4 rings (SSSR count). The smallest absolute Gasteiger partial charge is 0.323 e. The van der Waals surface area contributed by atoms with Gasteiger partial charge < -0.3 is 10.0 Å². The van der Waals surface area contributed by atoms with E-state index in [4.69, 9.17) is 0 Å². The van der Waals surface area contributed by atoms with E-state index in [0.717, 1.165) is 16.2 Å². The zero-order chi connectivity index (χ0) is 22.5. The van der Waals surface area contributed by atoms with E-state index >= 15 is 0 Å². The third kappa shape index (κ3) is 4.57. The van der Waals surface area contributed by atoms with E-state index in [1.54, 1.807) is 16.8 Å². The van der Waals surface area contributed by atoms with Gasteiger partial charge in [0.05, 0.1) is 11.4 Å². The van der Waals surface area contributed by atoms with Gasteiger partial charge in [-0.15, -0.1) is 0 Å². The standard InChI is InChI=1S/C25H20FN3O3/c26-21-14-8-7-11-19(21)16-28(17-24(30)31)25(32)22-15-23(18-9-3-1-4-10-18)29(27-22)20-12-5-2-6-13-20/h1-15H,16-17H2,(H,30,31).